The Balaban J connectivity index is 1.50. The third-order valence-electron chi connectivity index (χ3n) is 4.15. The van der Waals surface area contributed by atoms with Crippen LogP contribution in [0, 0.1) is 20.8 Å². The second-order valence-corrected chi connectivity index (χ2v) is 7.60. The zero-order chi connectivity index (χ0) is 20.1. The van der Waals surface area contributed by atoms with E-state index in [1.807, 2.05) is 32.0 Å². The van der Waals surface area contributed by atoms with Crippen LogP contribution < -0.4 is 20.5 Å². The average Bonchev–Trinajstić information content (AvgIpc) is 3.06. The smallest absolute Gasteiger partial charge is 0.281 e. The van der Waals surface area contributed by atoms with Crippen molar-refractivity contribution >= 4 is 28.3 Å². The molecule has 2 N–H and O–H groups in total. The minimum absolute atomic E-state index is 0.191. The summed E-state index contributed by atoms with van der Waals surface area (Å²) in [6, 6.07) is 5.73. The molecule has 1 aromatic heterocycles. The molecule has 2 heterocycles. The van der Waals surface area contributed by atoms with Gasteiger partial charge in [-0.05, 0) is 44.0 Å². The van der Waals surface area contributed by atoms with Crippen LogP contribution >= 0.6 is 11.3 Å². The first-order chi connectivity index (χ1) is 13.4. The number of rotatable bonds is 5. The molecule has 0 radical (unpaired) electrons. The van der Waals surface area contributed by atoms with Crippen molar-refractivity contribution in [1.82, 2.24) is 15.8 Å². The predicted molar refractivity (Wildman–Crippen MR) is 107 cm³/mol. The van der Waals surface area contributed by atoms with Gasteiger partial charge in [-0.15, -0.1) is 0 Å². The van der Waals surface area contributed by atoms with Gasteiger partial charge in [0.2, 0.25) is 0 Å². The van der Waals surface area contributed by atoms with E-state index < -0.39 is 11.8 Å². The third kappa shape index (κ3) is 5.20. The van der Waals surface area contributed by atoms with E-state index in [2.05, 4.69) is 20.7 Å². The number of anilines is 1. The number of aryl methyl sites for hydroxylation is 3. The number of ether oxygens (including phenoxy) is 2. The highest BCUT2D eigenvalue weighted by Gasteiger charge is 2.20. The lowest BCUT2D eigenvalue weighted by Crippen LogP contribution is -2.43. The SMILES string of the molecule is Cc1cc(C)cc(OCC(=O)NNC(=O)c2sc(N3CCOCC3)nc2C)c1. The number of hydrogen-bond donors (Lipinski definition) is 2. The van der Waals surface area contributed by atoms with E-state index >= 15 is 0 Å². The Morgan fingerprint density at radius 1 is 1.14 bits per heavy atom. The van der Waals surface area contributed by atoms with Gasteiger partial charge in [0, 0.05) is 13.1 Å². The number of aromatic nitrogens is 1. The van der Waals surface area contributed by atoms with E-state index in [4.69, 9.17) is 9.47 Å². The van der Waals surface area contributed by atoms with Gasteiger partial charge < -0.3 is 14.4 Å². The van der Waals surface area contributed by atoms with Gasteiger partial charge in [0.1, 0.15) is 10.6 Å². The van der Waals surface area contributed by atoms with E-state index in [-0.39, 0.29) is 6.61 Å². The van der Waals surface area contributed by atoms with E-state index in [1.54, 1.807) is 6.92 Å². The monoisotopic (exact) mass is 404 g/mol. The van der Waals surface area contributed by atoms with Crippen molar-refractivity contribution in [1.29, 1.82) is 0 Å². The molecule has 1 saturated heterocycles. The molecule has 0 spiro atoms. The molecular weight excluding hydrogens is 380 g/mol. The lowest BCUT2D eigenvalue weighted by molar-refractivity contribution is -0.123. The summed E-state index contributed by atoms with van der Waals surface area (Å²) in [5.74, 6) is -0.218. The van der Waals surface area contributed by atoms with Crippen molar-refractivity contribution < 1.29 is 19.1 Å². The fraction of sp³-hybridized carbons (Fsp3) is 0.421. The van der Waals surface area contributed by atoms with Crippen LogP contribution in [0.2, 0.25) is 0 Å². The quantitative estimate of drug-likeness (QED) is 0.738. The van der Waals surface area contributed by atoms with Crippen molar-refractivity contribution in [2.45, 2.75) is 20.8 Å². The molecule has 1 fully saturated rings. The lowest BCUT2D eigenvalue weighted by Gasteiger charge is -2.25. The second-order valence-electron chi connectivity index (χ2n) is 6.62. The molecule has 28 heavy (non-hydrogen) atoms. The van der Waals surface area contributed by atoms with Crippen molar-refractivity contribution in [2.75, 3.05) is 37.8 Å². The largest absolute Gasteiger partial charge is 0.484 e. The summed E-state index contributed by atoms with van der Waals surface area (Å²) in [7, 11) is 0. The Kier molecular flexibility index (Phi) is 6.48. The summed E-state index contributed by atoms with van der Waals surface area (Å²) >= 11 is 1.30. The van der Waals surface area contributed by atoms with Crippen LogP contribution in [0.5, 0.6) is 5.75 Å². The van der Waals surface area contributed by atoms with E-state index in [1.165, 1.54) is 11.3 Å². The van der Waals surface area contributed by atoms with Gasteiger partial charge in [-0.3, -0.25) is 20.4 Å². The number of hydrogen-bond acceptors (Lipinski definition) is 7. The molecular formula is C19H24N4O4S. The number of carbonyl (C=O) groups is 2. The van der Waals surface area contributed by atoms with Gasteiger partial charge in [-0.2, -0.15) is 0 Å². The number of nitrogens with zero attached hydrogens (tertiary/aromatic N) is 2. The molecule has 1 aliphatic rings. The highest BCUT2D eigenvalue weighted by atomic mass is 32.1. The maximum atomic E-state index is 12.4. The third-order valence-corrected chi connectivity index (χ3v) is 5.37. The highest BCUT2D eigenvalue weighted by Crippen LogP contribution is 2.26. The molecule has 0 saturated carbocycles. The Morgan fingerprint density at radius 3 is 2.50 bits per heavy atom. The van der Waals surface area contributed by atoms with Gasteiger partial charge in [0.05, 0.1) is 18.9 Å². The van der Waals surface area contributed by atoms with Crippen LogP contribution in [0.1, 0.15) is 26.5 Å². The fourth-order valence-electron chi connectivity index (χ4n) is 2.87. The number of carbonyl (C=O) groups excluding carboxylic acids is 2. The van der Waals surface area contributed by atoms with Crippen LogP contribution in [0.25, 0.3) is 0 Å². The second kappa shape index (κ2) is 9.03. The molecule has 2 aromatic rings. The Labute approximate surface area is 167 Å². The van der Waals surface area contributed by atoms with Crippen LogP contribution in [-0.2, 0) is 9.53 Å². The van der Waals surface area contributed by atoms with Crippen LogP contribution in [0.15, 0.2) is 18.2 Å². The van der Waals surface area contributed by atoms with E-state index in [0.717, 1.165) is 29.3 Å². The molecule has 0 aliphatic carbocycles. The Bertz CT molecular complexity index is 841. The van der Waals surface area contributed by atoms with Gasteiger partial charge >= 0.3 is 0 Å². The first-order valence-corrected chi connectivity index (χ1v) is 9.84. The number of thiazole rings is 1. The van der Waals surface area contributed by atoms with Crippen molar-refractivity contribution in [3.8, 4) is 5.75 Å². The zero-order valence-corrected chi connectivity index (χ0v) is 17.0. The molecule has 1 aromatic carbocycles. The van der Waals surface area contributed by atoms with E-state index in [9.17, 15) is 9.59 Å². The standard InChI is InChI=1S/C19H24N4O4S/c1-12-8-13(2)10-15(9-12)27-11-16(24)21-22-18(25)17-14(3)20-19(28-17)23-4-6-26-7-5-23/h8-10H,4-7,11H2,1-3H3,(H,21,24)(H,22,25). The first-order valence-electron chi connectivity index (χ1n) is 9.03. The summed E-state index contributed by atoms with van der Waals surface area (Å²) in [6.07, 6.45) is 0. The molecule has 150 valence electrons. The maximum absolute atomic E-state index is 12.4. The minimum atomic E-state index is -0.442. The number of nitrogens with one attached hydrogen (secondary N) is 2. The number of amides is 2. The molecule has 9 heteroatoms. The number of morpholine rings is 1. The maximum Gasteiger partial charge on any atom is 0.281 e. The van der Waals surface area contributed by atoms with Crippen LogP contribution in [-0.4, -0.2) is 49.7 Å². The molecule has 0 unspecified atom stereocenters. The van der Waals surface area contributed by atoms with Gasteiger partial charge in [-0.25, -0.2) is 4.98 Å². The van der Waals surface area contributed by atoms with Crippen molar-refractivity contribution in [3.05, 3.63) is 39.9 Å². The molecule has 0 atom stereocenters. The molecule has 8 nitrogen and oxygen atoms in total. The molecule has 1 aliphatic heterocycles. The highest BCUT2D eigenvalue weighted by molar-refractivity contribution is 7.17. The summed E-state index contributed by atoms with van der Waals surface area (Å²) in [5.41, 5.74) is 7.54. The van der Waals surface area contributed by atoms with Gasteiger partial charge in [0.15, 0.2) is 11.7 Å². The normalized spacial score (nSPS) is 13.9. The summed E-state index contributed by atoms with van der Waals surface area (Å²) < 4.78 is 10.8. The zero-order valence-electron chi connectivity index (χ0n) is 16.2. The molecule has 3 rings (SSSR count). The lowest BCUT2D eigenvalue weighted by atomic mass is 10.1. The van der Waals surface area contributed by atoms with Gasteiger partial charge in [0.25, 0.3) is 11.8 Å². The summed E-state index contributed by atoms with van der Waals surface area (Å²) in [4.78, 5) is 31.4. The average molecular weight is 404 g/mol. The fourth-order valence-corrected chi connectivity index (χ4v) is 3.88. The molecule has 0 bridgehead atoms. The van der Waals surface area contributed by atoms with Crippen molar-refractivity contribution in [2.24, 2.45) is 0 Å². The van der Waals surface area contributed by atoms with Crippen LogP contribution in [0.4, 0.5) is 5.13 Å². The first kappa shape index (κ1) is 20.1. The number of hydrazine groups is 1. The Morgan fingerprint density at radius 2 is 1.82 bits per heavy atom. The van der Waals surface area contributed by atoms with Crippen LogP contribution in [0.3, 0.4) is 0 Å². The summed E-state index contributed by atoms with van der Waals surface area (Å²) in [6.45, 7) is 8.31. The number of benzene rings is 1. The molecule has 2 amide bonds. The van der Waals surface area contributed by atoms with Gasteiger partial charge in [-0.1, -0.05) is 17.4 Å². The summed E-state index contributed by atoms with van der Waals surface area (Å²) in [5, 5.41) is 0.787. The predicted octanol–water partition coefficient (Wildman–Crippen LogP) is 1.74. The van der Waals surface area contributed by atoms with E-state index in [0.29, 0.717) is 29.5 Å². The van der Waals surface area contributed by atoms with Crippen molar-refractivity contribution in [3.63, 3.8) is 0 Å². The minimum Gasteiger partial charge on any atom is -0.484 e. The Hall–Kier alpha value is -2.65. The topological polar surface area (TPSA) is 92.8 Å².